The lowest BCUT2D eigenvalue weighted by atomic mass is 10.1. The second kappa shape index (κ2) is 14.0. The van der Waals surface area contributed by atoms with Gasteiger partial charge in [-0.05, 0) is 80.4 Å². The highest BCUT2D eigenvalue weighted by molar-refractivity contribution is 9.10. The fraction of sp³-hybridized carbons (Fsp3) is 0.310. The van der Waals surface area contributed by atoms with Crippen LogP contribution in [0.5, 0.6) is 5.75 Å². The van der Waals surface area contributed by atoms with Gasteiger partial charge in [0.15, 0.2) is 0 Å². The monoisotopic (exact) mass is 649 g/mol. The van der Waals surface area contributed by atoms with Gasteiger partial charge < -0.3 is 15.0 Å². The van der Waals surface area contributed by atoms with Gasteiger partial charge in [0.25, 0.3) is 10.0 Å². The number of halogens is 2. The van der Waals surface area contributed by atoms with E-state index in [-0.39, 0.29) is 29.1 Å². The van der Waals surface area contributed by atoms with Crippen molar-refractivity contribution in [3.05, 3.63) is 87.9 Å². The van der Waals surface area contributed by atoms with Crippen molar-refractivity contribution in [2.45, 2.75) is 50.7 Å². The number of nitrogens with one attached hydrogen (secondary N) is 1. The number of sulfonamides is 1. The summed E-state index contributed by atoms with van der Waals surface area (Å²) >= 11 is 9.62. The molecule has 1 N–H and O–H groups in total. The summed E-state index contributed by atoms with van der Waals surface area (Å²) in [7, 11) is -2.72. The van der Waals surface area contributed by atoms with Gasteiger partial charge in [-0.1, -0.05) is 52.7 Å². The Morgan fingerprint density at radius 3 is 2.25 bits per heavy atom. The summed E-state index contributed by atoms with van der Waals surface area (Å²) in [5.74, 6) is -0.384. The molecule has 0 bridgehead atoms. The third-order valence-corrected chi connectivity index (χ3v) is 9.01. The van der Waals surface area contributed by atoms with Crippen molar-refractivity contribution in [2.75, 3.05) is 18.0 Å². The van der Waals surface area contributed by atoms with E-state index in [0.717, 1.165) is 20.8 Å². The molecule has 0 aromatic heterocycles. The number of anilines is 1. The SMILES string of the molecule is CC[C@@H](C)NC(=O)[C@H](C)N(Cc1ccc(Br)cc1)C(=O)CN(c1cccc(Cl)c1)S(=O)(=O)c1ccc(OC)cc1. The Hall–Kier alpha value is -3.08. The second-order valence-corrected chi connectivity index (χ2v) is 12.5. The van der Waals surface area contributed by atoms with Gasteiger partial charge in [-0.2, -0.15) is 0 Å². The number of hydrogen-bond donors (Lipinski definition) is 1. The van der Waals surface area contributed by atoms with Gasteiger partial charge in [-0.15, -0.1) is 0 Å². The molecule has 3 rings (SSSR count). The van der Waals surface area contributed by atoms with E-state index in [1.54, 1.807) is 25.1 Å². The highest BCUT2D eigenvalue weighted by Crippen LogP contribution is 2.28. The number of methoxy groups -OCH3 is 1. The average Bonchev–Trinajstić information content (AvgIpc) is 2.94. The molecule has 8 nitrogen and oxygen atoms in total. The summed E-state index contributed by atoms with van der Waals surface area (Å²) in [6, 6.07) is 18.6. The zero-order chi connectivity index (χ0) is 29.4. The predicted octanol–water partition coefficient (Wildman–Crippen LogP) is 5.64. The maximum atomic E-state index is 13.9. The van der Waals surface area contributed by atoms with Gasteiger partial charge in [-0.3, -0.25) is 13.9 Å². The molecule has 0 aliphatic rings. The number of nitrogens with zero attached hydrogens (tertiary/aromatic N) is 2. The van der Waals surface area contributed by atoms with E-state index in [1.807, 2.05) is 38.1 Å². The summed E-state index contributed by atoms with van der Waals surface area (Å²) in [4.78, 5) is 28.4. The average molecular weight is 651 g/mol. The third-order valence-electron chi connectivity index (χ3n) is 6.46. The Bertz CT molecular complexity index is 1420. The van der Waals surface area contributed by atoms with Crippen LogP contribution in [0.3, 0.4) is 0 Å². The number of rotatable bonds is 12. The molecular formula is C29H33BrClN3O5S. The minimum atomic E-state index is -4.21. The van der Waals surface area contributed by atoms with Crippen LogP contribution in [0.4, 0.5) is 5.69 Å². The summed E-state index contributed by atoms with van der Waals surface area (Å²) in [5, 5.41) is 3.23. The first-order valence-electron chi connectivity index (χ1n) is 12.7. The molecular weight excluding hydrogens is 618 g/mol. The van der Waals surface area contributed by atoms with Crippen LogP contribution < -0.4 is 14.4 Å². The molecule has 214 valence electrons. The van der Waals surface area contributed by atoms with E-state index < -0.39 is 28.5 Å². The quantitative estimate of drug-likeness (QED) is 0.274. The minimum absolute atomic E-state index is 0.0249. The van der Waals surface area contributed by atoms with Crippen LogP contribution in [0.2, 0.25) is 5.02 Å². The summed E-state index contributed by atoms with van der Waals surface area (Å²) in [6.07, 6.45) is 0.724. The van der Waals surface area contributed by atoms with Crippen LogP contribution in [0.25, 0.3) is 0 Å². The van der Waals surface area contributed by atoms with Gasteiger partial charge in [0.05, 0.1) is 17.7 Å². The Kier molecular flexibility index (Phi) is 11.0. The predicted molar refractivity (Wildman–Crippen MR) is 161 cm³/mol. The van der Waals surface area contributed by atoms with E-state index in [1.165, 1.54) is 42.3 Å². The van der Waals surface area contributed by atoms with Gasteiger partial charge in [-0.25, -0.2) is 8.42 Å². The molecule has 0 spiro atoms. The minimum Gasteiger partial charge on any atom is -0.497 e. The molecule has 0 heterocycles. The van der Waals surface area contributed by atoms with Crippen molar-refractivity contribution < 1.29 is 22.7 Å². The topological polar surface area (TPSA) is 96.0 Å². The smallest absolute Gasteiger partial charge is 0.264 e. The molecule has 3 aromatic rings. The van der Waals surface area contributed by atoms with Crippen LogP contribution in [-0.2, 0) is 26.2 Å². The second-order valence-electron chi connectivity index (χ2n) is 9.31. The largest absolute Gasteiger partial charge is 0.497 e. The number of carbonyl (C=O) groups is 2. The van der Waals surface area contributed by atoms with E-state index in [0.29, 0.717) is 10.8 Å². The molecule has 2 atom stereocenters. The Morgan fingerprint density at radius 1 is 1.02 bits per heavy atom. The van der Waals surface area contributed by atoms with Crippen molar-refractivity contribution in [1.29, 1.82) is 0 Å². The van der Waals surface area contributed by atoms with Crippen molar-refractivity contribution in [2.24, 2.45) is 0 Å². The highest BCUT2D eigenvalue weighted by Gasteiger charge is 2.33. The fourth-order valence-electron chi connectivity index (χ4n) is 3.87. The van der Waals surface area contributed by atoms with Crippen LogP contribution in [0.1, 0.15) is 32.8 Å². The molecule has 0 aliphatic carbocycles. The molecule has 0 saturated carbocycles. The zero-order valence-electron chi connectivity index (χ0n) is 22.8. The fourth-order valence-corrected chi connectivity index (χ4v) is 5.72. The number of benzene rings is 3. The van der Waals surface area contributed by atoms with Crippen LogP contribution in [-0.4, -0.2) is 50.9 Å². The Labute approximate surface area is 249 Å². The normalized spacial score (nSPS) is 12.8. The van der Waals surface area contributed by atoms with Crippen LogP contribution >= 0.6 is 27.5 Å². The number of amides is 2. The van der Waals surface area contributed by atoms with Crippen molar-refractivity contribution in [3.63, 3.8) is 0 Å². The van der Waals surface area contributed by atoms with Crippen LogP contribution in [0.15, 0.2) is 82.2 Å². The van der Waals surface area contributed by atoms with E-state index in [2.05, 4.69) is 21.2 Å². The van der Waals surface area contributed by atoms with Crippen molar-refractivity contribution in [1.82, 2.24) is 10.2 Å². The van der Waals surface area contributed by atoms with Gasteiger partial charge in [0, 0.05) is 22.1 Å². The molecule has 0 radical (unpaired) electrons. The molecule has 11 heteroatoms. The summed E-state index contributed by atoms with van der Waals surface area (Å²) in [5.41, 5.74) is 1.00. The summed E-state index contributed by atoms with van der Waals surface area (Å²) < 4.78 is 34.8. The molecule has 3 aromatic carbocycles. The lowest BCUT2D eigenvalue weighted by Gasteiger charge is -2.32. The number of ether oxygens (including phenoxy) is 1. The maximum absolute atomic E-state index is 13.9. The number of hydrogen-bond acceptors (Lipinski definition) is 5. The van der Waals surface area contributed by atoms with E-state index in [9.17, 15) is 18.0 Å². The Balaban J connectivity index is 2.02. The molecule has 0 saturated heterocycles. The lowest BCUT2D eigenvalue weighted by molar-refractivity contribution is -0.139. The van der Waals surface area contributed by atoms with Gasteiger partial charge >= 0.3 is 0 Å². The van der Waals surface area contributed by atoms with Crippen molar-refractivity contribution in [3.8, 4) is 5.75 Å². The molecule has 2 amide bonds. The van der Waals surface area contributed by atoms with Gasteiger partial charge in [0.1, 0.15) is 18.3 Å². The van der Waals surface area contributed by atoms with Crippen molar-refractivity contribution >= 4 is 55.1 Å². The molecule has 40 heavy (non-hydrogen) atoms. The zero-order valence-corrected chi connectivity index (χ0v) is 26.0. The maximum Gasteiger partial charge on any atom is 0.264 e. The molecule has 0 fully saturated rings. The summed E-state index contributed by atoms with van der Waals surface area (Å²) in [6.45, 7) is 5.02. The first-order chi connectivity index (χ1) is 19.0. The molecule has 0 aliphatic heterocycles. The standard InChI is InChI=1S/C29H33BrClN3O5S/c1-5-20(2)32-29(36)21(3)33(18-22-9-11-23(30)12-10-22)28(35)19-34(25-8-6-7-24(31)17-25)40(37,38)27-15-13-26(39-4)14-16-27/h6-17,20-21H,5,18-19H2,1-4H3,(H,32,36)/t20-,21+/m1/s1. The molecule has 0 unspecified atom stereocenters. The third kappa shape index (κ3) is 7.99. The first kappa shape index (κ1) is 31.4. The Morgan fingerprint density at radius 2 is 1.68 bits per heavy atom. The van der Waals surface area contributed by atoms with E-state index >= 15 is 0 Å². The number of carbonyl (C=O) groups excluding carboxylic acids is 2. The van der Waals surface area contributed by atoms with Gasteiger partial charge in [0.2, 0.25) is 11.8 Å². The van der Waals surface area contributed by atoms with E-state index in [4.69, 9.17) is 16.3 Å². The highest BCUT2D eigenvalue weighted by atomic mass is 79.9. The first-order valence-corrected chi connectivity index (χ1v) is 15.3. The van der Waals surface area contributed by atoms with Crippen LogP contribution in [0, 0.1) is 0 Å². The lowest BCUT2D eigenvalue weighted by Crippen LogP contribution is -2.52.